The molecule has 6 amide bonds. The number of hydrogen-bond donors (Lipinski definition) is 3. The van der Waals surface area contributed by atoms with Crippen molar-refractivity contribution in [2.75, 3.05) is 74.0 Å². The van der Waals surface area contributed by atoms with E-state index in [0.29, 0.717) is 49.2 Å². The highest BCUT2D eigenvalue weighted by Crippen LogP contribution is 2.37. The number of para-hydroxylation sites is 1. The molecule has 0 bridgehead atoms. The van der Waals surface area contributed by atoms with Gasteiger partial charge in [0.05, 0.1) is 28.6 Å². The summed E-state index contributed by atoms with van der Waals surface area (Å²) in [5.41, 5.74) is 3.59. The predicted octanol–water partition coefficient (Wildman–Crippen LogP) is 1.82. The van der Waals surface area contributed by atoms with Crippen molar-refractivity contribution in [2.45, 2.75) is 50.9 Å². The first-order chi connectivity index (χ1) is 26.5. The number of urea groups is 1. The molecule has 286 valence electrons. The highest BCUT2D eigenvalue weighted by Gasteiger charge is 2.46. The molecule has 55 heavy (non-hydrogen) atoms. The third-order valence-electron chi connectivity index (χ3n) is 12.0. The van der Waals surface area contributed by atoms with E-state index >= 15 is 0 Å². The fourth-order valence-electron chi connectivity index (χ4n) is 9.32. The van der Waals surface area contributed by atoms with Gasteiger partial charge in [-0.1, -0.05) is 12.1 Å². The van der Waals surface area contributed by atoms with Crippen LogP contribution >= 0.6 is 0 Å². The molecule has 0 spiro atoms. The number of imide groups is 2. The van der Waals surface area contributed by atoms with Gasteiger partial charge in [-0.3, -0.25) is 34.3 Å². The van der Waals surface area contributed by atoms with Crippen LogP contribution in [0.4, 0.5) is 22.0 Å². The number of phenolic OH excluding ortho intramolecular Hbond substituents is 1. The van der Waals surface area contributed by atoms with Crippen molar-refractivity contribution in [1.82, 2.24) is 35.1 Å². The van der Waals surface area contributed by atoms with E-state index in [1.54, 1.807) is 24.3 Å². The maximum absolute atomic E-state index is 14.1. The van der Waals surface area contributed by atoms with Gasteiger partial charge >= 0.3 is 6.03 Å². The Morgan fingerprint density at radius 3 is 2.40 bits per heavy atom. The summed E-state index contributed by atoms with van der Waals surface area (Å²) in [5.74, 6) is -0.739. The zero-order valence-corrected chi connectivity index (χ0v) is 30.8. The molecule has 3 unspecified atom stereocenters. The lowest BCUT2D eigenvalue weighted by atomic mass is 9.96. The number of fused-ring (bicyclic) bond motifs is 4. The van der Waals surface area contributed by atoms with Crippen LogP contribution in [0.5, 0.6) is 5.75 Å². The second-order valence-electron chi connectivity index (χ2n) is 15.7. The first kappa shape index (κ1) is 35.0. The van der Waals surface area contributed by atoms with E-state index in [1.807, 2.05) is 34.1 Å². The van der Waals surface area contributed by atoms with Crippen LogP contribution in [0, 0.1) is 5.92 Å². The van der Waals surface area contributed by atoms with Gasteiger partial charge in [-0.2, -0.15) is 0 Å². The molecule has 0 radical (unpaired) electrons. The van der Waals surface area contributed by atoms with E-state index in [0.717, 1.165) is 49.0 Å². The molecule has 16 heteroatoms. The Kier molecular flexibility index (Phi) is 8.59. The molecule has 16 nitrogen and oxygen atoms in total. The molecule has 0 saturated carbocycles. The molecule has 4 atom stereocenters. The van der Waals surface area contributed by atoms with Gasteiger partial charge in [0.2, 0.25) is 11.8 Å². The summed E-state index contributed by atoms with van der Waals surface area (Å²) < 4.78 is 0. The molecular formula is C39H44N10O6. The monoisotopic (exact) mass is 748 g/mol. The van der Waals surface area contributed by atoms with E-state index in [9.17, 15) is 29.1 Å². The van der Waals surface area contributed by atoms with Crippen molar-refractivity contribution in [2.24, 2.45) is 5.92 Å². The number of rotatable bonds is 5. The SMILES string of the molecule is CC1CN(CC2CN(c3ccc4c(c3)C(=O)N(C3CCC(=O)NC3=O)C4=O)C2)CC(C)N1C(=O)N1CCN2c3cc(-c4ccccc4O)nnc3NC[C@H]2C1. The lowest BCUT2D eigenvalue weighted by molar-refractivity contribution is -0.136. The zero-order valence-electron chi connectivity index (χ0n) is 30.8. The second kappa shape index (κ2) is 13.5. The Bertz CT molecular complexity index is 2090. The summed E-state index contributed by atoms with van der Waals surface area (Å²) in [5, 5.41) is 24.8. The molecule has 3 aromatic rings. The molecule has 4 saturated heterocycles. The van der Waals surface area contributed by atoms with Crippen LogP contribution < -0.4 is 20.4 Å². The summed E-state index contributed by atoms with van der Waals surface area (Å²) in [7, 11) is 0. The fourth-order valence-corrected chi connectivity index (χ4v) is 9.32. The number of phenols is 1. The number of amides is 6. The van der Waals surface area contributed by atoms with Crippen molar-refractivity contribution >= 4 is 46.9 Å². The Morgan fingerprint density at radius 1 is 0.873 bits per heavy atom. The number of piperidine rings is 1. The largest absolute Gasteiger partial charge is 0.507 e. The van der Waals surface area contributed by atoms with Gasteiger partial charge in [-0.25, -0.2) is 4.79 Å². The number of benzene rings is 2. The summed E-state index contributed by atoms with van der Waals surface area (Å²) in [6.45, 7) is 10.8. The minimum absolute atomic E-state index is 0.0413. The summed E-state index contributed by atoms with van der Waals surface area (Å²) in [4.78, 5) is 76.6. The number of nitrogens with zero attached hydrogens (tertiary/aromatic N) is 8. The Labute approximate surface area is 318 Å². The number of hydrogen-bond acceptors (Lipinski definition) is 12. The van der Waals surface area contributed by atoms with E-state index in [1.165, 1.54) is 0 Å². The second-order valence-corrected chi connectivity index (χ2v) is 15.7. The van der Waals surface area contributed by atoms with E-state index in [4.69, 9.17) is 0 Å². The van der Waals surface area contributed by atoms with Crippen LogP contribution in [0.25, 0.3) is 11.3 Å². The lowest BCUT2D eigenvalue weighted by Gasteiger charge is -2.51. The first-order valence-corrected chi connectivity index (χ1v) is 19.1. The normalized spacial score (nSPS) is 25.6. The van der Waals surface area contributed by atoms with Crippen LogP contribution in [0.1, 0.15) is 47.4 Å². The molecule has 4 fully saturated rings. The summed E-state index contributed by atoms with van der Waals surface area (Å²) in [6.07, 6.45) is 0.210. The lowest BCUT2D eigenvalue weighted by Crippen LogP contribution is -2.66. The fraction of sp³-hybridized carbons (Fsp3) is 0.462. The third kappa shape index (κ3) is 6.08. The molecule has 1 aromatic heterocycles. The van der Waals surface area contributed by atoms with E-state index in [2.05, 4.69) is 49.4 Å². The average Bonchev–Trinajstić information content (AvgIpc) is 3.40. The molecule has 3 N–H and O–H groups in total. The molecule has 9 rings (SSSR count). The quantitative estimate of drug-likeness (QED) is 0.324. The molecule has 6 aliphatic heterocycles. The number of aromatic hydroxyl groups is 1. The number of anilines is 3. The number of carbonyl (C=O) groups is 5. The number of carbonyl (C=O) groups excluding carboxylic acids is 5. The Hall–Kier alpha value is -5.77. The van der Waals surface area contributed by atoms with Gasteiger partial charge in [-0.05, 0) is 56.7 Å². The number of piperazine rings is 2. The van der Waals surface area contributed by atoms with E-state index in [-0.39, 0.29) is 53.9 Å². The van der Waals surface area contributed by atoms with Crippen molar-refractivity contribution in [1.29, 1.82) is 0 Å². The summed E-state index contributed by atoms with van der Waals surface area (Å²) in [6, 6.07) is 13.6. The van der Waals surface area contributed by atoms with Gasteiger partial charge in [0.15, 0.2) is 5.82 Å². The van der Waals surface area contributed by atoms with Gasteiger partial charge in [0.25, 0.3) is 11.8 Å². The number of nitrogens with one attached hydrogen (secondary N) is 2. The van der Waals surface area contributed by atoms with Crippen molar-refractivity contribution < 1.29 is 29.1 Å². The average molecular weight is 749 g/mol. The molecule has 0 aliphatic carbocycles. The first-order valence-electron chi connectivity index (χ1n) is 19.1. The van der Waals surface area contributed by atoms with Crippen LogP contribution in [0.2, 0.25) is 0 Å². The van der Waals surface area contributed by atoms with Gasteiger partial charge in [0, 0.05) is 94.6 Å². The maximum Gasteiger partial charge on any atom is 0.320 e. The Morgan fingerprint density at radius 2 is 1.64 bits per heavy atom. The Balaban J connectivity index is 0.783. The minimum atomic E-state index is -0.984. The zero-order chi connectivity index (χ0) is 38.1. The van der Waals surface area contributed by atoms with Gasteiger partial charge in [-0.15, -0.1) is 10.2 Å². The van der Waals surface area contributed by atoms with Gasteiger partial charge < -0.3 is 30.0 Å². The molecular weight excluding hydrogens is 704 g/mol. The smallest absolute Gasteiger partial charge is 0.320 e. The van der Waals surface area contributed by atoms with Crippen LogP contribution in [0.15, 0.2) is 48.5 Å². The standard InChI is InChI=1S/C39H44N10O6/c1-22-16-44(18-24-19-46(20-24)25-7-8-27-29(13-25)38(54)49(37(27)53)31-9-10-34(51)41-36(31)52)17-23(2)48(22)39(55)45-11-12-47-26(21-45)15-40-35-32(47)14-30(42-43-35)28-5-3-4-6-33(28)50/h3-8,13-14,22-24,26,31,50H,9-12,15-21H2,1-2H3,(H,40,43)(H,41,51,52)/t22?,23?,26-,31?/m0/s1. The molecule has 2 aromatic carbocycles. The van der Waals surface area contributed by atoms with Crippen LogP contribution in [-0.4, -0.2) is 148 Å². The van der Waals surface area contributed by atoms with Crippen molar-refractivity contribution in [3.05, 3.63) is 59.7 Å². The predicted molar refractivity (Wildman–Crippen MR) is 202 cm³/mol. The van der Waals surface area contributed by atoms with Gasteiger partial charge in [0.1, 0.15) is 11.8 Å². The van der Waals surface area contributed by atoms with Crippen molar-refractivity contribution in [3.63, 3.8) is 0 Å². The van der Waals surface area contributed by atoms with E-state index < -0.39 is 29.7 Å². The highest BCUT2D eigenvalue weighted by atomic mass is 16.3. The van der Waals surface area contributed by atoms with Crippen LogP contribution in [-0.2, 0) is 9.59 Å². The highest BCUT2D eigenvalue weighted by molar-refractivity contribution is 6.23. The van der Waals surface area contributed by atoms with Crippen LogP contribution in [0.3, 0.4) is 0 Å². The topological polar surface area (TPSA) is 175 Å². The van der Waals surface area contributed by atoms with Crippen molar-refractivity contribution in [3.8, 4) is 17.0 Å². The molecule has 7 heterocycles. The molecule has 6 aliphatic rings. The maximum atomic E-state index is 14.1. The number of aromatic nitrogens is 2. The summed E-state index contributed by atoms with van der Waals surface area (Å²) >= 11 is 0. The minimum Gasteiger partial charge on any atom is -0.507 e. The third-order valence-corrected chi connectivity index (χ3v) is 12.0.